The molecule has 0 saturated carbocycles. The number of hydrogen-bond acceptors (Lipinski definition) is 4. The zero-order chi connectivity index (χ0) is 10.6. The molecule has 14 heavy (non-hydrogen) atoms. The van der Waals surface area contributed by atoms with Crippen LogP contribution in [0.15, 0.2) is 0 Å². The van der Waals surface area contributed by atoms with Gasteiger partial charge in [-0.3, -0.25) is 4.79 Å². The van der Waals surface area contributed by atoms with Gasteiger partial charge in [-0.05, 0) is 0 Å². The average molecular weight is 218 g/mol. The van der Waals surface area contributed by atoms with Gasteiger partial charge in [-0.2, -0.15) is 0 Å². The second-order valence-electron chi connectivity index (χ2n) is 3.16. The summed E-state index contributed by atoms with van der Waals surface area (Å²) in [5, 5.41) is 8.86. The molecule has 0 aromatic rings. The van der Waals surface area contributed by atoms with Gasteiger partial charge < -0.3 is 20.5 Å². The lowest BCUT2D eigenvalue weighted by atomic mass is 10.2. The van der Waals surface area contributed by atoms with Crippen LogP contribution in [-0.4, -0.2) is 53.3 Å². The average Bonchev–Trinajstić information content (AvgIpc) is 2.17. The quantitative estimate of drug-likeness (QED) is 0.587. The Balaban J connectivity index is 2.43. The molecule has 0 spiro atoms. The lowest BCUT2D eigenvalue weighted by Gasteiger charge is -2.32. The number of nitrogens with zero attached hydrogens (tertiary/aromatic N) is 1. The van der Waals surface area contributed by atoms with Gasteiger partial charge in [-0.15, -0.1) is 0 Å². The fourth-order valence-electron chi connectivity index (χ4n) is 1.32. The van der Waals surface area contributed by atoms with Crippen molar-refractivity contribution >= 4 is 23.1 Å². The molecule has 1 heterocycles. The van der Waals surface area contributed by atoms with E-state index in [-0.39, 0.29) is 30.0 Å². The summed E-state index contributed by atoms with van der Waals surface area (Å²) >= 11 is 4.65. The summed E-state index contributed by atoms with van der Waals surface area (Å²) in [7, 11) is 0. The first kappa shape index (κ1) is 11.4. The standard InChI is InChI=1S/C8H14N2O3S/c9-7(14)3-8(12)10-1-2-13-6(4-10)5-11/h6,11H,1-5H2,(H2,9,14). The van der Waals surface area contributed by atoms with Gasteiger partial charge in [0.1, 0.15) is 0 Å². The normalized spacial score (nSPS) is 22.1. The van der Waals surface area contributed by atoms with E-state index in [4.69, 9.17) is 15.6 Å². The van der Waals surface area contributed by atoms with Crippen LogP contribution in [-0.2, 0) is 9.53 Å². The summed E-state index contributed by atoms with van der Waals surface area (Å²) in [6, 6.07) is 0. The Hall–Kier alpha value is -0.720. The van der Waals surface area contributed by atoms with Crippen molar-refractivity contribution in [2.75, 3.05) is 26.3 Å². The predicted octanol–water partition coefficient (Wildman–Crippen LogP) is -1.12. The number of aliphatic hydroxyl groups excluding tert-OH is 1. The van der Waals surface area contributed by atoms with Crippen LogP contribution in [0.1, 0.15) is 6.42 Å². The van der Waals surface area contributed by atoms with Gasteiger partial charge in [0, 0.05) is 13.1 Å². The summed E-state index contributed by atoms with van der Waals surface area (Å²) in [6.07, 6.45) is -0.188. The third-order valence-corrected chi connectivity index (χ3v) is 2.16. The molecular weight excluding hydrogens is 204 g/mol. The molecule has 3 N–H and O–H groups in total. The Labute approximate surface area is 87.8 Å². The molecule has 1 rings (SSSR count). The lowest BCUT2D eigenvalue weighted by molar-refractivity contribution is -0.138. The maximum atomic E-state index is 11.5. The van der Waals surface area contributed by atoms with E-state index in [1.165, 1.54) is 0 Å². The Morgan fingerprint density at radius 1 is 1.71 bits per heavy atom. The number of ether oxygens (including phenoxy) is 1. The first-order valence-electron chi connectivity index (χ1n) is 4.42. The molecule has 1 atom stereocenters. The van der Waals surface area contributed by atoms with Crippen LogP contribution < -0.4 is 5.73 Å². The maximum Gasteiger partial charge on any atom is 0.229 e. The van der Waals surface area contributed by atoms with Gasteiger partial charge in [0.05, 0.1) is 30.7 Å². The lowest BCUT2D eigenvalue weighted by Crippen LogP contribution is -2.47. The largest absolute Gasteiger partial charge is 0.394 e. The number of nitrogens with two attached hydrogens (primary N) is 1. The third kappa shape index (κ3) is 3.21. The highest BCUT2D eigenvalue weighted by molar-refractivity contribution is 7.80. The molecule has 80 valence electrons. The first-order chi connectivity index (χ1) is 6.63. The Morgan fingerprint density at radius 3 is 3.00 bits per heavy atom. The molecule has 1 fully saturated rings. The van der Waals surface area contributed by atoms with Crippen LogP contribution >= 0.6 is 12.2 Å². The van der Waals surface area contributed by atoms with E-state index in [0.29, 0.717) is 19.7 Å². The van der Waals surface area contributed by atoms with Crippen molar-refractivity contribution in [3.63, 3.8) is 0 Å². The summed E-state index contributed by atoms with van der Waals surface area (Å²) in [6.45, 7) is 1.33. The van der Waals surface area contributed by atoms with Crippen LogP contribution in [0.4, 0.5) is 0 Å². The summed E-state index contributed by atoms with van der Waals surface area (Å²) in [5.74, 6) is -0.0979. The number of carbonyl (C=O) groups is 1. The maximum absolute atomic E-state index is 11.5. The fourth-order valence-corrected chi connectivity index (χ4v) is 1.44. The SMILES string of the molecule is NC(=S)CC(=O)N1CCOC(CO)C1. The Morgan fingerprint density at radius 2 is 2.43 bits per heavy atom. The molecule has 1 unspecified atom stereocenters. The molecule has 0 aromatic carbocycles. The highest BCUT2D eigenvalue weighted by Crippen LogP contribution is 2.06. The van der Waals surface area contributed by atoms with Crippen LogP contribution in [0.3, 0.4) is 0 Å². The van der Waals surface area contributed by atoms with E-state index in [2.05, 4.69) is 12.2 Å². The van der Waals surface area contributed by atoms with Gasteiger partial charge >= 0.3 is 0 Å². The van der Waals surface area contributed by atoms with Gasteiger partial charge in [-0.25, -0.2) is 0 Å². The molecular formula is C8H14N2O3S. The molecule has 1 aliphatic heterocycles. The number of rotatable bonds is 3. The van der Waals surface area contributed by atoms with Crippen molar-refractivity contribution in [1.82, 2.24) is 4.90 Å². The van der Waals surface area contributed by atoms with Crippen molar-refractivity contribution in [1.29, 1.82) is 0 Å². The molecule has 0 bridgehead atoms. The van der Waals surface area contributed by atoms with E-state index in [9.17, 15) is 4.79 Å². The van der Waals surface area contributed by atoms with Crippen LogP contribution in [0.2, 0.25) is 0 Å². The molecule has 6 heteroatoms. The molecule has 0 radical (unpaired) electrons. The van der Waals surface area contributed by atoms with Crippen molar-refractivity contribution in [3.8, 4) is 0 Å². The van der Waals surface area contributed by atoms with E-state index >= 15 is 0 Å². The highest BCUT2D eigenvalue weighted by atomic mass is 32.1. The zero-order valence-electron chi connectivity index (χ0n) is 7.81. The predicted molar refractivity (Wildman–Crippen MR) is 54.8 cm³/mol. The number of carbonyl (C=O) groups excluding carboxylic acids is 1. The molecule has 1 amide bonds. The van der Waals surface area contributed by atoms with Crippen LogP contribution in [0.5, 0.6) is 0 Å². The number of morpholine rings is 1. The van der Waals surface area contributed by atoms with E-state index in [1.807, 2.05) is 0 Å². The fraction of sp³-hybridized carbons (Fsp3) is 0.750. The summed E-state index contributed by atoms with van der Waals surface area (Å²) < 4.78 is 5.20. The minimum atomic E-state index is -0.279. The van der Waals surface area contributed by atoms with Crippen molar-refractivity contribution in [2.24, 2.45) is 5.73 Å². The second kappa shape index (κ2) is 5.23. The first-order valence-corrected chi connectivity index (χ1v) is 4.83. The van der Waals surface area contributed by atoms with Crippen molar-refractivity contribution in [3.05, 3.63) is 0 Å². The Kier molecular flexibility index (Phi) is 4.24. The van der Waals surface area contributed by atoms with Gasteiger partial charge in [0.25, 0.3) is 0 Å². The topological polar surface area (TPSA) is 75.8 Å². The molecule has 0 aromatic heterocycles. The van der Waals surface area contributed by atoms with E-state index in [1.54, 1.807) is 4.90 Å². The van der Waals surface area contributed by atoms with Gasteiger partial charge in [-0.1, -0.05) is 12.2 Å². The number of thiocarbonyl (C=S) groups is 1. The van der Waals surface area contributed by atoms with Gasteiger partial charge in [0.15, 0.2) is 0 Å². The van der Waals surface area contributed by atoms with Gasteiger partial charge in [0.2, 0.25) is 5.91 Å². The van der Waals surface area contributed by atoms with Crippen molar-refractivity contribution < 1.29 is 14.6 Å². The number of aliphatic hydroxyl groups is 1. The Bertz CT molecular complexity index is 235. The molecule has 1 aliphatic rings. The van der Waals surface area contributed by atoms with E-state index in [0.717, 1.165) is 0 Å². The number of amides is 1. The smallest absolute Gasteiger partial charge is 0.229 e. The monoisotopic (exact) mass is 218 g/mol. The minimum Gasteiger partial charge on any atom is -0.394 e. The van der Waals surface area contributed by atoms with Crippen molar-refractivity contribution in [2.45, 2.75) is 12.5 Å². The summed E-state index contributed by atoms with van der Waals surface area (Å²) in [4.78, 5) is 13.3. The van der Waals surface area contributed by atoms with Crippen LogP contribution in [0.25, 0.3) is 0 Å². The molecule has 5 nitrogen and oxygen atoms in total. The summed E-state index contributed by atoms with van der Waals surface area (Å²) in [5.41, 5.74) is 5.27. The van der Waals surface area contributed by atoms with Crippen LogP contribution in [0, 0.1) is 0 Å². The second-order valence-corrected chi connectivity index (χ2v) is 3.68. The minimum absolute atomic E-state index is 0.0726. The van der Waals surface area contributed by atoms with E-state index < -0.39 is 0 Å². The zero-order valence-corrected chi connectivity index (χ0v) is 8.63. The highest BCUT2D eigenvalue weighted by Gasteiger charge is 2.23. The third-order valence-electron chi connectivity index (χ3n) is 2.02. The molecule has 1 saturated heterocycles. The molecule has 0 aliphatic carbocycles. The number of hydrogen-bond donors (Lipinski definition) is 2.